The van der Waals surface area contributed by atoms with Crippen molar-refractivity contribution in [2.45, 2.75) is 62.8 Å². The van der Waals surface area contributed by atoms with E-state index < -0.39 is 6.36 Å². The minimum absolute atomic E-state index is 0.205. The average Bonchev–Trinajstić information content (AvgIpc) is 3.28. The Morgan fingerprint density at radius 3 is 2.34 bits per heavy atom. The minimum atomic E-state index is -4.76. The average molecular weight is 489 g/mol. The molecule has 10 heteroatoms. The number of pyridine rings is 1. The van der Waals surface area contributed by atoms with Crippen LogP contribution in [0.2, 0.25) is 0 Å². The number of nitrogens with zero attached hydrogens (tertiary/aromatic N) is 3. The van der Waals surface area contributed by atoms with Gasteiger partial charge in [0.1, 0.15) is 17.1 Å². The lowest BCUT2D eigenvalue weighted by atomic mass is 9.87. The molecule has 0 atom stereocenters. The van der Waals surface area contributed by atoms with Crippen LogP contribution < -0.4 is 4.74 Å². The standard InChI is InChI=1S/C25H27F3N4O3/c26-25(27,28)35-19-7-3-17(4-8-19)24(34)32-13-10-15(11-14-32)20-9-12-29-23-21(20)30-22(31-23)16-1-5-18(33)6-2-16/h3-4,7-9,12,15-16,18,33H,1-2,5-6,10-11,13-14H2,(H,29,30,31)/t16-,18-. The maximum Gasteiger partial charge on any atom is 0.573 e. The highest BCUT2D eigenvalue weighted by atomic mass is 19.4. The smallest absolute Gasteiger partial charge is 0.406 e. The third-order valence-corrected chi connectivity index (χ3v) is 7.07. The second-order valence-corrected chi connectivity index (χ2v) is 9.36. The zero-order valence-electron chi connectivity index (χ0n) is 19.1. The van der Waals surface area contributed by atoms with Crippen molar-refractivity contribution >= 4 is 17.1 Å². The van der Waals surface area contributed by atoms with Gasteiger partial charge < -0.3 is 19.7 Å². The van der Waals surface area contributed by atoms with E-state index in [1.54, 1.807) is 11.1 Å². The SMILES string of the molecule is O=C(c1ccc(OC(F)(F)F)cc1)N1CCC(c2ccnc3[nH]c([C@H]4CC[C@H](O)CC4)nc23)CC1. The molecule has 2 aromatic heterocycles. The van der Waals surface area contributed by atoms with Gasteiger partial charge in [0, 0.05) is 30.8 Å². The van der Waals surface area contributed by atoms with Gasteiger partial charge in [-0.1, -0.05) is 0 Å². The fraction of sp³-hybridized carbons (Fsp3) is 0.480. The van der Waals surface area contributed by atoms with E-state index in [-0.39, 0.29) is 23.7 Å². The molecule has 0 spiro atoms. The number of benzene rings is 1. The summed E-state index contributed by atoms with van der Waals surface area (Å²) in [6, 6.07) is 7.03. The van der Waals surface area contributed by atoms with Gasteiger partial charge in [-0.25, -0.2) is 9.97 Å². The highest BCUT2D eigenvalue weighted by molar-refractivity contribution is 5.94. The van der Waals surface area contributed by atoms with Crippen LogP contribution in [0.25, 0.3) is 11.2 Å². The first-order chi connectivity index (χ1) is 16.8. The van der Waals surface area contributed by atoms with Gasteiger partial charge >= 0.3 is 6.36 Å². The molecule has 7 nitrogen and oxygen atoms in total. The van der Waals surface area contributed by atoms with Gasteiger partial charge in [0.05, 0.1) is 6.10 Å². The number of carbonyl (C=O) groups is 1. The number of aromatic amines is 1. The second kappa shape index (κ2) is 9.49. The number of amides is 1. The predicted octanol–water partition coefficient (Wildman–Crippen LogP) is 4.89. The highest BCUT2D eigenvalue weighted by Gasteiger charge is 2.32. The minimum Gasteiger partial charge on any atom is -0.406 e. The van der Waals surface area contributed by atoms with Gasteiger partial charge in [-0.05, 0) is 80.3 Å². The molecular weight excluding hydrogens is 461 g/mol. The topological polar surface area (TPSA) is 91.3 Å². The number of carbonyl (C=O) groups excluding carboxylic acids is 1. The van der Waals surface area contributed by atoms with E-state index in [0.29, 0.717) is 24.6 Å². The molecule has 1 aromatic carbocycles. The number of halogens is 3. The first-order valence-corrected chi connectivity index (χ1v) is 11.9. The van der Waals surface area contributed by atoms with E-state index in [1.807, 2.05) is 6.07 Å². The molecule has 1 saturated heterocycles. The molecule has 0 bridgehead atoms. The summed E-state index contributed by atoms with van der Waals surface area (Å²) in [5, 5.41) is 9.80. The number of ether oxygens (including phenoxy) is 1. The molecule has 35 heavy (non-hydrogen) atoms. The summed E-state index contributed by atoms with van der Waals surface area (Å²) in [7, 11) is 0. The van der Waals surface area contributed by atoms with Gasteiger partial charge in [0.2, 0.25) is 0 Å². The summed E-state index contributed by atoms with van der Waals surface area (Å²) < 4.78 is 41.0. The number of hydrogen-bond acceptors (Lipinski definition) is 5. The maximum atomic E-state index is 12.9. The van der Waals surface area contributed by atoms with Crippen LogP contribution in [0.4, 0.5) is 13.2 Å². The molecule has 2 fully saturated rings. The Morgan fingerprint density at radius 1 is 1.00 bits per heavy atom. The Bertz CT molecular complexity index is 1180. The van der Waals surface area contributed by atoms with E-state index in [1.165, 1.54) is 12.1 Å². The number of aliphatic hydroxyl groups is 1. The van der Waals surface area contributed by atoms with Crippen molar-refractivity contribution in [1.29, 1.82) is 0 Å². The largest absolute Gasteiger partial charge is 0.573 e. The number of fused-ring (bicyclic) bond motifs is 1. The van der Waals surface area contributed by atoms with Gasteiger partial charge in [-0.2, -0.15) is 0 Å². The fourth-order valence-corrected chi connectivity index (χ4v) is 5.19. The Balaban J connectivity index is 1.24. The Kier molecular flexibility index (Phi) is 6.39. The van der Waals surface area contributed by atoms with Crippen LogP contribution in [0, 0.1) is 0 Å². The summed E-state index contributed by atoms with van der Waals surface area (Å²) in [5.41, 5.74) is 3.09. The van der Waals surface area contributed by atoms with Gasteiger partial charge in [-0.3, -0.25) is 4.79 Å². The van der Waals surface area contributed by atoms with Crippen LogP contribution in [0.3, 0.4) is 0 Å². The van der Waals surface area contributed by atoms with Crippen molar-refractivity contribution in [2.24, 2.45) is 0 Å². The van der Waals surface area contributed by atoms with Gasteiger partial charge in [0.25, 0.3) is 5.91 Å². The Morgan fingerprint density at radius 2 is 1.69 bits per heavy atom. The van der Waals surface area contributed by atoms with Crippen LogP contribution in [-0.4, -0.2) is 56.4 Å². The Labute approximate surface area is 200 Å². The van der Waals surface area contributed by atoms with Crippen molar-refractivity contribution in [3.05, 3.63) is 53.5 Å². The molecule has 3 heterocycles. The van der Waals surface area contributed by atoms with E-state index in [2.05, 4.69) is 14.7 Å². The summed E-state index contributed by atoms with van der Waals surface area (Å²) in [6.45, 7) is 1.10. The molecule has 5 rings (SSSR count). The van der Waals surface area contributed by atoms with Crippen molar-refractivity contribution in [2.75, 3.05) is 13.1 Å². The summed E-state index contributed by atoms with van der Waals surface area (Å²) in [5.74, 6) is 0.905. The van der Waals surface area contributed by atoms with Crippen LogP contribution in [0.5, 0.6) is 5.75 Å². The predicted molar refractivity (Wildman–Crippen MR) is 122 cm³/mol. The first-order valence-electron chi connectivity index (χ1n) is 11.9. The number of alkyl halides is 3. The summed E-state index contributed by atoms with van der Waals surface area (Å²) in [4.78, 5) is 27.3. The molecule has 1 aliphatic heterocycles. The van der Waals surface area contributed by atoms with Crippen LogP contribution in [-0.2, 0) is 0 Å². The molecule has 2 N–H and O–H groups in total. The number of aromatic nitrogens is 3. The molecule has 1 saturated carbocycles. The van der Waals surface area contributed by atoms with Crippen molar-refractivity contribution in [1.82, 2.24) is 19.9 Å². The van der Waals surface area contributed by atoms with Crippen molar-refractivity contribution < 1.29 is 27.8 Å². The van der Waals surface area contributed by atoms with Crippen molar-refractivity contribution in [3.8, 4) is 5.75 Å². The van der Waals surface area contributed by atoms with E-state index in [4.69, 9.17) is 4.98 Å². The van der Waals surface area contributed by atoms with E-state index in [0.717, 1.165) is 73.2 Å². The summed E-state index contributed by atoms with van der Waals surface area (Å²) in [6.07, 6.45) is 1.70. The zero-order chi connectivity index (χ0) is 24.6. The van der Waals surface area contributed by atoms with Crippen LogP contribution >= 0.6 is 0 Å². The normalized spacial score (nSPS) is 21.9. The Hall–Kier alpha value is -3.14. The fourth-order valence-electron chi connectivity index (χ4n) is 5.19. The number of H-pyrrole nitrogens is 1. The quantitative estimate of drug-likeness (QED) is 0.546. The van der Waals surface area contributed by atoms with E-state index in [9.17, 15) is 23.1 Å². The number of piperidine rings is 1. The zero-order valence-corrected chi connectivity index (χ0v) is 19.1. The van der Waals surface area contributed by atoms with Gasteiger partial charge in [-0.15, -0.1) is 13.2 Å². The van der Waals surface area contributed by atoms with Crippen LogP contribution in [0.15, 0.2) is 36.5 Å². The molecular formula is C25H27F3N4O3. The third-order valence-electron chi connectivity index (χ3n) is 7.07. The van der Waals surface area contributed by atoms with Crippen LogP contribution in [0.1, 0.15) is 72.1 Å². The number of imidazole rings is 1. The third kappa shape index (κ3) is 5.27. The first kappa shape index (κ1) is 23.6. The monoisotopic (exact) mass is 488 g/mol. The lowest BCUT2D eigenvalue weighted by molar-refractivity contribution is -0.274. The summed E-state index contributed by atoms with van der Waals surface area (Å²) >= 11 is 0. The molecule has 1 aliphatic carbocycles. The maximum absolute atomic E-state index is 12.9. The number of nitrogens with one attached hydrogen (secondary N) is 1. The number of likely N-dealkylation sites (tertiary alicyclic amines) is 1. The molecule has 0 radical (unpaired) electrons. The van der Waals surface area contributed by atoms with E-state index >= 15 is 0 Å². The molecule has 0 unspecified atom stereocenters. The van der Waals surface area contributed by atoms with Gasteiger partial charge in [0.15, 0.2) is 5.65 Å². The number of aliphatic hydroxyl groups excluding tert-OH is 1. The highest BCUT2D eigenvalue weighted by Crippen LogP contribution is 2.36. The lowest BCUT2D eigenvalue weighted by Gasteiger charge is -2.32. The second-order valence-electron chi connectivity index (χ2n) is 9.36. The molecule has 186 valence electrons. The molecule has 3 aromatic rings. The molecule has 1 amide bonds. The van der Waals surface area contributed by atoms with Crippen molar-refractivity contribution in [3.63, 3.8) is 0 Å². The number of rotatable bonds is 4. The molecule has 2 aliphatic rings. The number of hydrogen-bond donors (Lipinski definition) is 2. The lowest BCUT2D eigenvalue weighted by Crippen LogP contribution is -2.38.